The Bertz CT molecular complexity index is 596. The van der Waals surface area contributed by atoms with Crippen LogP contribution in [0, 0.1) is 10.8 Å². The van der Waals surface area contributed by atoms with E-state index in [-0.39, 0.29) is 0 Å². The van der Waals surface area contributed by atoms with Crippen LogP contribution in [0.2, 0.25) is 0 Å². The van der Waals surface area contributed by atoms with Crippen LogP contribution in [-0.4, -0.2) is 16.2 Å². The van der Waals surface area contributed by atoms with Crippen molar-refractivity contribution in [2.45, 2.75) is 105 Å². The average molecular weight is 391 g/mol. The summed E-state index contributed by atoms with van der Waals surface area (Å²) in [5.41, 5.74) is 2.42. The summed E-state index contributed by atoms with van der Waals surface area (Å²) in [6.07, 6.45) is 12.1. The summed E-state index contributed by atoms with van der Waals surface area (Å²) in [7, 11) is 0. The summed E-state index contributed by atoms with van der Waals surface area (Å²) in [6, 6.07) is 5.78. The number of aromatic hydroxyl groups is 1. The molecule has 0 heterocycles. The van der Waals surface area contributed by atoms with E-state index in [1.165, 1.54) is 43.2 Å². The monoisotopic (exact) mass is 390 g/mol. The van der Waals surface area contributed by atoms with Gasteiger partial charge >= 0.3 is 5.97 Å². The molecule has 1 rings (SSSR count). The fourth-order valence-electron chi connectivity index (χ4n) is 3.58. The van der Waals surface area contributed by atoms with E-state index in [1.54, 1.807) is 19.9 Å². The van der Waals surface area contributed by atoms with E-state index < -0.39 is 11.4 Å². The van der Waals surface area contributed by atoms with Crippen LogP contribution in [0.5, 0.6) is 5.75 Å². The molecular weight excluding hydrogens is 348 g/mol. The van der Waals surface area contributed by atoms with E-state index >= 15 is 0 Å². The second-order valence-electron chi connectivity index (χ2n) is 10.2. The van der Waals surface area contributed by atoms with Gasteiger partial charge in [-0.25, -0.2) is 0 Å². The third-order valence-electron chi connectivity index (χ3n) is 5.64. The first kappa shape index (κ1) is 24.5. The van der Waals surface area contributed by atoms with Crippen molar-refractivity contribution < 1.29 is 15.0 Å². The Hall–Kier alpha value is -1.51. The number of aryl methyl sites for hydroxylation is 2. The molecule has 1 aromatic rings. The molecule has 3 heteroatoms. The fraction of sp³-hybridized carbons (Fsp3) is 0.720. The first-order valence-corrected chi connectivity index (χ1v) is 11.1. The fourth-order valence-corrected chi connectivity index (χ4v) is 3.58. The van der Waals surface area contributed by atoms with Gasteiger partial charge in [0, 0.05) is 0 Å². The molecule has 28 heavy (non-hydrogen) atoms. The summed E-state index contributed by atoms with van der Waals surface area (Å²) >= 11 is 0. The molecule has 0 saturated heterocycles. The highest BCUT2D eigenvalue weighted by Crippen LogP contribution is 2.26. The standard InChI is InChI=1S/C25H42O3/c1-24(2,3)17-11-7-6-9-14-21-19-22(26)16-15-20(21)13-10-8-12-18-25(4,5)23(27)28/h15-16,19,26H,6-14,17-18H2,1-5H3,(H,27,28). The summed E-state index contributed by atoms with van der Waals surface area (Å²) < 4.78 is 0. The number of phenolic OH excluding ortho intramolecular Hbond substituents is 1. The molecule has 0 atom stereocenters. The van der Waals surface area contributed by atoms with Crippen molar-refractivity contribution in [2.24, 2.45) is 10.8 Å². The average Bonchev–Trinajstić information content (AvgIpc) is 2.58. The van der Waals surface area contributed by atoms with Crippen LogP contribution in [0.25, 0.3) is 0 Å². The molecule has 0 aromatic heterocycles. The second-order valence-corrected chi connectivity index (χ2v) is 10.2. The number of carboxylic acid groups (broad SMARTS) is 1. The van der Waals surface area contributed by atoms with Crippen LogP contribution in [-0.2, 0) is 17.6 Å². The van der Waals surface area contributed by atoms with Crippen molar-refractivity contribution in [3.8, 4) is 5.75 Å². The first-order chi connectivity index (χ1) is 13.0. The Morgan fingerprint density at radius 2 is 1.32 bits per heavy atom. The van der Waals surface area contributed by atoms with Gasteiger partial charge in [-0.15, -0.1) is 0 Å². The SMILES string of the molecule is CC(C)(C)CCCCCCc1cc(O)ccc1CCCCCC(C)(C)C(=O)O. The Morgan fingerprint density at radius 3 is 1.93 bits per heavy atom. The zero-order chi connectivity index (χ0) is 21.2. The molecule has 1 aromatic carbocycles. The van der Waals surface area contributed by atoms with Crippen LogP contribution < -0.4 is 0 Å². The molecular formula is C25H42O3. The van der Waals surface area contributed by atoms with Crippen LogP contribution in [0.4, 0.5) is 0 Å². The lowest BCUT2D eigenvalue weighted by Crippen LogP contribution is -2.23. The number of rotatable bonds is 13. The predicted molar refractivity (Wildman–Crippen MR) is 118 cm³/mol. The Morgan fingerprint density at radius 1 is 0.786 bits per heavy atom. The lowest BCUT2D eigenvalue weighted by molar-refractivity contribution is -0.147. The van der Waals surface area contributed by atoms with Gasteiger partial charge in [-0.05, 0) is 81.0 Å². The van der Waals surface area contributed by atoms with Crippen molar-refractivity contribution in [1.82, 2.24) is 0 Å². The summed E-state index contributed by atoms with van der Waals surface area (Å²) in [5.74, 6) is -0.356. The number of hydrogen-bond acceptors (Lipinski definition) is 2. The van der Waals surface area contributed by atoms with Gasteiger partial charge in [0.1, 0.15) is 5.75 Å². The van der Waals surface area contributed by atoms with Crippen LogP contribution in [0.15, 0.2) is 18.2 Å². The highest BCUT2D eigenvalue weighted by Gasteiger charge is 2.25. The van der Waals surface area contributed by atoms with Gasteiger partial charge in [0.25, 0.3) is 0 Å². The number of benzene rings is 1. The van der Waals surface area contributed by atoms with Crippen LogP contribution in [0.3, 0.4) is 0 Å². The molecule has 0 unspecified atom stereocenters. The van der Waals surface area contributed by atoms with Crippen molar-refractivity contribution in [1.29, 1.82) is 0 Å². The highest BCUT2D eigenvalue weighted by molar-refractivity contribution is 5.73. The van der Waals surface area contributed by atoms with E-state index in [0.717, 1.165) is 38.5 Å². The summed E-state index contributed by atoms with van der Waals surface area (Å²) in [4.78, 5) is 11.2. The largest absolute Gasteiger partial charge is 0.508 e. The molecule has 0 saturated carbocycles. The molecule has 0 fully saturated rings. The van der Waals surface area contributed by atoms with Crippen molar-refractivity contribution in [3.63, 3.8) is 0 Å². The maximum absolute atomic E-state index is 11.2. The maximum Gasteiger partial charge on any atom is 0.309 e. The van der Waals surface area contributed by atoms with Gasteiger partial charge < -0.3 is 10.2 Å². The van der Waals surface area contributed by atoms with Gasteiger partial charge in [-0.1, -0.05) is 58.9 Å². The van der Waals surface area contributed by atoms with E-state index in [9.17, 15) is 15.0 Å². The predicted octanol–water partition coefficient (Wildman–Crippen LogP) is 7.15. The van der Waals surface area contributed by atoms with Gasteiger partial charge in [-0.3, -0.25) is 4.79 Å². The minimum absolute atomic E-state index is 0.356. The van der Waals surface area contributed by atoms with Crippen molar-refractivity contribution in [2.75, 3.05) is 0 Å². The Labute approximate surface area is 172 Å². The van der Waals surface area contributed by atoms with Gasteiger partial charge in [-0.2, -0.15) is 0 Å². The minimum Gasteiger partial charge on any atom is -0.508 e. The summed E-state index contributed by atoms with van der Waals surface area (Å²) in [6.45, 7) is 10.5. The van der Waals surface area contributed by atoms with Gasteiger partial charge in [0.05, 0.1) is 5.41 Å². The second kappa shape index (κ2) is 11.5. The highest BCUT2D eigenvalue weighted by atomic mass is 16.4. The number of carboxylic acids is 1. The van der Waals surface area contributed by atoms with E-state index in [1.807, 2.05) is 6.07 Å². The lowest BCUT2D eigenvalue weighted by atomic mass is 9.87. The molecule has 2 N–H and O–H groups in total. The zero-order valence-corrected chi connectivity index (χ0v) is 18.8. The molecule has 0 radical (unpaired) electrons. The van der Waals surface area contributed by atoms with Gasteiger partial charge in [0.15, 0.2) is 0 Å². The minimum atomic E-state index is -0.712. The van der Waals surface area contributed by atoms with E-state index in [4.69, 9.17) is 0 Å². The number of hydrogen-bond donors (Lipinski definition) is 2. The third kappa shape index (κ3) is 10.1. The Balaban J connectivity index is 2.37. The number of unbranched alkanes of at least 4 members (excludes halogenated alkanes) is 5. The van der Waals surface area contributed by atoms with Gasteiger partial charge in [0.2, 0.25) is 0 Å². The first-order valence-electron chi connectivity index (χ1n) is 11.1. The molecule has 0 amide bonds. The topological polar surface area (TPSA) is 57.5 Å². The molecule has 0 aliphatic heterocycles. The van der Waals surface area contributed by atoms with Crippen LogP contribution >= 0.6 is 0 Å². The lowest BCUT2D eigenvalue weighted by Gasteiger charge is -2.18. The number of aliphatic carboxylic acids is 1. The van der Waals surface area contributed by atoms with E-state index in [0.29, 0.717) is 11.2 Å². The number of carbonyl (C=O) groups is 1. The molecule has 3 nitrogen and oxygen atoms in total. The quantitative estimate of drug-likeness (QED) is 0.352. The molecule has 0 bridgehead atoms. The normalized spacial score (nSPS) is 12.3. The molecule has 0 spiro atoms. The maximum atomic E-state index is 11.2. The molecule has 0 aliphatic carbocycles. The molecule has 160 valence electrons. The summed E-state index contributed by atoms with van der Waals surface area (Å²) in [5, 5.41) is 19.1. The van der Waals surface area contributed by atoms with Crippen molar-refractivity contribution >= 4 is 5.97 Å². The van der Waals surface area contributed by atoms with E-state index in [2.05, 4.69) is 26.8 Å². The zero-order valence-electron chi connectivity index (χ0n) is 18.8. The Kier molecular flexibility index (Phi) is 10.1. The molecule has 0 aliphatic rings. The third-order valence-corrected chi connectivity index (χ3v) is 5.64. The van der Waals surface area contributed by atoms with Crippen molar-refractivity contribution in [3.05, 3.63) is 29.3 Å². The number of phenols is 1. The van der Waals surface area contributed by atoms with Crippen LogP contribution in [0.1, 0.15) is 104 Å². The smallest absolute Gasteiger partial charge is 0.309 e.